The zero-order valence-corrected chi connectivity index (χ0v) is 10.7. The lowest BCUT2D eigenvalue weighted by molar-refractivity contribution is 0.144. The molecule has 0 radical (unpaired) electrons. The second-order valence-electron chi connectivity index (χ2n) is 4.20. The number of hydrogen-bond acceptors (Lipinski definition) is 2. The molecule has 0 heterocycles. The van der Waals surface area contributed by atoms with E-state index >= 15 is 0 Å². The lowest BCUT2D eigenvalue weighted by Gasteiger charge is -2.14. The molecule has 0 spiro atoms. The van der Waals surface area contributed by atoms with Crippen molar-refractivity contribution in [1.29, 1.82) is 0 Å². The van der Waals surface area contributed by atoms with Crippen molar-refractivity contribution in [3.63, 3.8) is 0 Å². The molecule has 0 bridgehead atoms. The molecule has 1 aromatic carbocycles. The van der Waals surface area contributed by atoms with Crippen molar-refractivity contribution < 1.29 is 9.13 Å². The maximum absolute atomic E-state index is 13.4. The number of rotatable bonds is 8. The molecule has 0 fully saturated rings. The molecule has 0 saturated carbocycles. The summed E-state index contributed by atoms with van der Waals surface area (Å²) in [6.07, 6.45) is 1.72. The van der Waals surface area contributed by atoms with E-state index in [-0.39, 0.29) is 11.9 Å². The highest BCUT2D eigenvalue weighted by Gasteiger charge is 2.06. The summed E-state index contributed by atoms with van der Waals surface area (Å²) in [5.41, 5.74) is 0.775. The zero-order valence-electron chi connectivity index (χ0n) is 10.7. The van der Waals surface area contributed by atoms with Gasteiger partial charge in [0.05, 0.1) is 0 Å². The number of ether oxygens (including phenoxy) is 1. The Kier molecular flexibility index (Phi) is 6.82. The quantitative estimate of drug-likeness (QED) is 0.704. The summed E-state index contributed by atoms with van der Waals surface area (Å²) < 4.78 is 18.6. The number of benzene rings is 1. The van der Waals surface area contributed by atoms with Gasteiger partial charge in [-0.2, -0.15) is 0 Å². The highest BCUT2D eigenvalue weighted by Crippen LogP contribution is 2.08. The van der Waals surface area contributed by atoms with Gasteiger partial charge in [-0.15, -0.1) is 0 Å². The minimum absolute atomic E-state index is 0.115. The highest BCUT2D eigenvalue weighted by molar-refractivity contribution is 5.18. The van der Waals surface area contributed by atoms with Crippen LogP contribution in [0.1, 0.15) is 25.8 Å². The van der Waals surface area contributed by atoms with Gasteiger partial charge in [0.2, 0.25) is 0 Å². The van der Waals surface area contributed by atoms with Gasteiger partial charge in [-0.05, 0) is 44.9 Å². The molecule has 0 aromatic heterocycles. The first kappa shape index (κ1) is 14.1. The number of nitrogens with one attached hydrogen (secondary N) is 1. The Labute approximate surface area is 103 Å². The van der Waals surface area contributed by atoms with Gasteiger partial charge < -0.3 is 10.1 Å². The van der Waals surface area contributed by atoms with E-state index < -0.39 is 0 Å². The van der Waals surface area contributed by atoms with Gasteiger partial charge in [0.25, 0.3) is 0 Å². The first-order chi connectivity index (χ1) is 8.24. The molecule has 0 aliphatic heterocycles. The van der Waals surface area contributed by atoms with E-state index in [1.165, 1.54) is 6.07 Å². The standard InChI is InChI=1S/C14H22FNO/c1-3-17-10-6-9-16-12(2)11-13-7-4-5-8-14(13)15/h4-5,7-8,12,16H,3,6,9-11H2,1-2H3/t12-/m0/s1. The summed E-state index contributed by atoms with van der Waals surface area (Å²) in [5.74, 6) is -0.115. The van der Waals surface area contributed by atoms with Crippen LogP contribution in [-0.4, -0.2) is 25.8 Å². The van der Waals surface area contributed by atoms with Crippen LogP contribution in [0.3, 0.4) is 0 Å². The number of hydrogen-bond donors (Lipinski definition) is 1. The topological polar surface area (TPSA) is 21.3 Å². The molecule has 0 saturated heterocycles. The summed E-state index contributed by atoms with van der Waals surface area (Å²) >= 11 is 0. The van der Waals surface area contributed by atoms with E-state index in [0.29, 0.717) is 0 Å². The van der Waals surface area contributed by atoms with Crippen molar-refractivity contribution in [2.24, 2.45) is 0 Å². The maximum atomic E-state index is 13.4. The van der Waals surface area contributed by atoms with Gasteiger partial charge in [0.15, 0.2) is 0 Å². The monoisotopic (exact) mass is 239 g/mol. The molecule has 1 atom stereocenters. The smallest absolute Gasteiger partial charge is 0.126 e. The third kappa shape index (κ3) is 5.80. The predicted octanol–water partition coefficient (Wildman–Crippen LogP) is 2.77. The van der Waals surface area contributed by atoms with Crippen molar-refractivity contribution in [2.75, 3.05) is 19.8 Å². The summed E-state index contributed by atoms with van der Waals surface area (Å²) in [6.45, 7) is 6.54. The highest BCUT2D eigenvalue weighted by atomic mass is 19.1. The average Bonchev–Trinajstić information content (AvgIpc) is 2.32. The van der Waals surface area contributed by atoms with Gasteiger partial charge in [-0.25, -0.2) is 4.39 Å². The Morgan fingerprint density at radius 3 is 2.82 bits per heavy atom. The van der Waals surface area contributed by atoms with E-state index in [4.69, 9.17) is 4.74 Å². The average molecular weight is 239 g/mol. The SMILES string of the molecule is CCOCCCN[C@@H](C)Cc1ccccc1F. The summed E-state index contributed by atoms with van der Waals surface area (Å²) in [7, 11) is 0. The molecule has 0 aliphatic rings. The van der Waals surface area contributed by atoms with Crippen molar-refractivity contribution in [3.8, 4) is 0 Å². The van der Waals surface area contributed by atoms with Crippen LogP contribution in [0.4, 0.5) is 4.39 Å². The third-order valence-electron chi connectivity index (χ3n) is 2.65. The Bertz CT molecular complexity index is 317. The first-order valence-corrected chi connectivity index (χ1v) is 6.28. The minimum atomic E-state index is -0.115. The maximum Gasteiger partial charge on any atom is 0.126 e. The van der Waals surface area contributed by atoms with Gasteiger partial charge >= 0.3 is 0 Å². The Balaban J connectivity index is 2.21. The van der Waals surface area contributed by atoms with Crippen molar-refractivity contribution in [2.45, 2.75) is 32.7 Å². The molecule has 3 heteroatoms. The Morgan fingerprint density at radius 1 is 1.35 bits per heavy atom. The first-order valence-electron chi connectivity index (χ1n) is 6.28. The van der Waals surface area contributed by atoms with Gasteiger partial charge in [0, 0.05) is 19.3 Å². The largest absolute Gasteiger partial charge is 0.382 e. The van der Waals surface area contributed by atoms with Crippen LogP contribution >= 0.6 is 0 Å². The summed E-state index contributed by atoms with van der Waals surface area (Å²) in [4.78, 5) is 0. The second-order valence-corrected chi connectivity index (χ2v) is 4.20. The van der Waals surface area contributed by atoms with Crippen LogP contribution in [0.15, 0.2) is 24.3 Å². The fourth-order valence-electron chi connectivity index (χ4n) is 1.73. The van der Waals surface area contributed by atoms with Gasteiger partial charge in [0.1, 0.15) is 5.82 Å². The molecule has 1 rings (SSSR count). The van der Waals surface area contributed by atoms with E-state index in [2.05, 4.69) is 12.2 Å². The fraction of sp³-hybridized carbons (Fsp3) is 0.571. The molecule has 0 amide bonds. The summed E-state index contributed by atoms with van der Waals surface area (Å²) in [6, 6.07) is 7.23. The molecule has 1 N–H and O–H groups in total. The van der Waals surface area contributed by atoms with Crippen LogP contribution in [0.25, 0.3) is 0 Å². The van der Waals surface area contributed by atoms with Crippen molar-refractivity contribution in [3.05, 3.63) is 35.6 Å². The lowest BCUT2D eigenvalue weighted by atomic mass is 10.1. The van der Waals surface area contributed by atoms with Crippen LogP contribution in [-0.2, 0) is 11.2 Å². The van der Waals surface area contributed by atoms with Crippen LogP contribution in [0.5, 0.6) is 0 Å². The van der Waals surface area contributed by atoms with Gasteiger partial charge in [-0.1, -0.05) is 18.2 Å². The third-order valence-corrected chi connectivity index (χ3v) is 2.65. The summed E-state index contributed by atoms with van der Waals surface area (Å²) in [5, 5.41) is 3.37. The van der Waals surface area contributed by atoms with Gasteiger partial charge in [-0.3, -0.25) is 0 Å². The van der Waals surface area contributed by atoms with E-state index in [1.54, 1.807) is 6.07 Å². The molecule has 1 aromatic rings. The fourth-order valence-corrected chi connectivity index (χ4v) is 1.73. The van der Waals surface area contributed by atoms with E-state index in [9.17, 15) is 4.39 Å². The molecular formula is C14H22FNO. The zero-order chi connectivity index (χ0) is 12.5. The molecule has 17 heavy (non-hydrogen) atoms. The molecule has 0 unspecified atom stereocenters. The van der Waals surface area contributed by atoms with Crippen LogP contribution in [0.2, 0.25) is 0 Å². The molecule has 2 nitrogen and oxygen atoms in total. The van der Waals surface area contributed by atoms with Crippen molar-refractivity contribution in [1.82, 2.24) is 5.32 Å². The van der Waals surface area contributed by atoms with Crippen molar-refractivity contribution >= 4 is 0 Å². The predicted molar refractivity (Wildman–Crippen MR) is 68.7 cm³/mol. The molecule has 0 aliphatic carbocycles. The molecule has 96 valence electrons. The molecular weight excluding hydrogens is 217 g/mol. The van der Waals surface area contributed by atoms with E-state index in [1.807, 2.05) is 19.1 Å². The minimum Gasteiger partial charge on any atom is -0.382 e. The Hall–Kier alpha value is -0.930. The van der Waals surface area contributed by atoms with Crippen LogP contribution in [0, 0.1) is 5.82 Å². The number of halogens is 1. The van der Waals surface area contributed by atoms with E-state index in [0.717, 1.165) is 38.2 Å². The van der Waals surface area contributed by atoms with Crippen LogP contribution < -0.4 is 5.32 Å². The lowest BCUT2D eigenvalue weighted by Crippen LogP contribution is -2.29. The Morgan fingerprint density at radius 2 is 2.12 bits per heavy atom. The normalized spacial score (nSPS) is 12.6. The second kappa shape index (κ2) is 8.20.